The minimum Gasteiger partial charge on any atom is -0.464 e. The first-order valence-corrected chi connectivity index (χ1v) is 9.07. The fourth-order valence-corrected chi connectivity index (χ4v) is 5.03. The molecule has 0 saturated carbocycles. The van der Waals surface area contributed by atoms with Gasteiger partial charge >= 0.3 is 23.9 Å². The third-order valence-electron chi connectivity index (χ3n) is 2.75. The molecule has 1 aliphatic heterocycles. The van der Waals surface area contributed by atoms with Crippen molar-refractivity contribution in [1.29, 1.82) is 0 Å². The smallest absolute Gasteiger partial charge is 0.344 e. The van der Waals surface area contributed by atoms with Gasteiger partial charge in [-0.15, -0.1) is 0 Å². The summed E-state index contributed by atoms with van der Waals surface area (Å²) in [5, 5.41) is 0. The first-order chi connectivity index (χ1) is 11.3. The predicted molar refractivity (Wildman–Crippen MR) is 87.2 cm³/mol. The highest BCUT2D eigenvalue weighted by Gasteiger charge is 2.75. The number of esters is 4. The van der Waals surface area contributed by atoms with E-state index < -0.39 is 32.0 Å². The lowest BCUT2D eigenvalue weighted by Gasteiger charge is -2.46. The maximum Gasteiger partial charge on any atom is 0.344 e. The van der Waals surface area contributed by atoms with Crippen LogP contribution < -0.4 is 0 Å². The van der Waals surface area contributed by atoms with Gasteiger partial charge < -0.3 is 18.9 Å². The Kier molecular flexibility index (Phi) is 7.40. The standard InChI is InChI=1S/C14H20O8S2/c1-5-19-9(15)13(10(16)20-6-2)23-14(24-13,11(17)21-7-3)12(18)22-8-4/h5-8H2,1-4H3. The number of carbonyl (C=O) groups is 4. The SMILES string of the molecule is CCOC(=O)C1(C(=O)OCC)SC(C(=O)OCC)(C(=O)OCC)S1. The Bertz CT molecular complexity index is 429. The van der Waals surface area contributed by atoms with Gasteiger partial charge in [0, 0.05) is 0 Å². The van der Waals surface area contributed by atoms with Crippen molar-refractivity contribution in [1.82, 2.24) is 0 Å². The second-order valence-electron chi connectivity index (χ2n) is 4.32. The first kappa shape index (κ1) is 20.6. The Morgan fingerprint density at radius 3 is 0.958 bits per heavy atom. The summed E-state index contributed by atoms with van der Waals surface area (Å²) in [7, 11) is 0. The lowest BCUT2D eigenvalue weighted by Crippen LogP contribution is -2.63. The van der Waals surface area contributed by atoms with Crippen molar-refractivity contribution in [3.8, 4) is 0 Å². The van der Waals surface area contributed by atoms with Crippen molar-refractivity contribution >= 4 is 47.4 Å². The van der Waals surface area contributed by atoms with Gasteiger partial charge in [0.15, 0.2) is 0 Å². The highest BCUT2D eigenvalue weighted by molar-refractivity contribution is 8.39. The van der Waals surface area contributed by atoms with Gasteiger partial charge in [0.1, 0.15) is 0 Å². The van der Waals surface area contributed by atoms with Crippen LogP contribution in [0.5, 0.6) is 0 Å². The zero-order valence-electron chi connectivity index (χ0n) is 13.9. The molecule has 1 saturated heterocycles. The Labute approximate surface area is 148 Å². The second kappa shape index (κ2) is 8.61. The van der Waals surface area contributed by atoms with Gasteiger partial charge in [-0.1, -0.05) is 23.5 Å². The molecule has 0 bridgehead atoms. The number of hydrogen-bond donors (Lipinski definition) is 0. The summed E-state index contributed by atoms with van der Waals surface area (Å²) in [4.78, 5) is 49.0. The van der Waals surface area contributed by atoms with E-state index in [2.05, 4.69) is 0 Å². The monoisotopic (exact) mass is 380 g/mol. The lowest BCUT2D eigenvalue weighted by molar-refractivity contribution is -0.155. The fraction of sp³-hybridized carbons (Fsp3) is 0.714. The van der Waals surface area contributed by atoms with Crippen LogP contribution in [0.1, 0.15) is 27.7 Å². The minimum absolute atomic E-state index is 0.0346. The van der Waals surface area contributed by atoms with Gasteiger partial charge in [-0.05, 0) is 27.7 Å². The van der Waals surface area contributed by atoms with E-state index in [-0.39, 0.29) is 26.4 Å². The molecule has 24 heavy (non-hydrogen) atoms. The third kappa shape index (κ3) is 3.64. The summed E-state index contributed by atoms with van der Waals surface area (Å²) in [5.74, 6) is -3.55. The molecule has 1 rings (SSSR count). The molecule has 0 atom stereocenters. The van der Waals surface area contributed by atoms with E-state index in [1.807, 2.05) is 0 Å². The molecular formula is C14H20O8S2. The largest absolute Gasteiger partial charge is 0.464 e. The predicted octanol–water partition coefficient (Wildman–Crippen LogP) is 1.11. The van der Waals surface area contributed by atoms with E-state index in [1.54, 1.807) is 27.7 Å². The number of ether oxygens (including phenoxy) is 4. The van der Waals surface area contributed by atoms with Crippen LogP contribution in [0.25, 0.3) is 0 Å². The lowest BCUT2D eigenvalue weighted by atomic mass is 10.4. The zero-order chi connectivity index (χ0) is 18.4. The summed E-state index contributed by atoms with van der Waals surface area (Å²) >= 11 is 1.05. The molecule has 0 aliphatic carbocycles. The fourth-order valence-electron chi connectivity index (χ4n) is 1.82. The van der Waals surface area contributed by atoms with Crippen molar-refractivity contribution < 1.29 is 38.1 Å². The van der Waals surface area contributed by atoms with Crippen LogP contribution in [0.2, 0.25) is 0 Å². The van der Waals surface area contributed by atoms with E-state index in [0.29, 0.717) is 23.5 Å². The molecule has 0 radical (unpaired) electrons. The van der Waals surface area contributed by atoms with E-state index >= 15 is 0 Å². The van der Waals surface area contributed by atoms with Crippen LogP contribution in [0.4, 0.5) is 0 Å². The first-order valence-electron chi connectivity index (χ1n) is 7.43. The summed E-state index contributed by atoms with van der Waals surface area (Å²) in [5.41, 5.74) is 0. The van der Waals surface area contributed by atoms with Crippen LogP contribution >= 0.6 is 23.5 Å². The molecule has 0 N–H and O–H groups in total. The van der Waals surface area contributed by atoms with Crippen LogP contribution in [0.3, 0.4) is 0 Å². The molecule has 0 aromatic heterocycles. The number of carbonyl (C=O) groups excluding carboxylic acids is 4. The van der Waals surface area contributed by atoms with Gasteiger partial charge in [0.05, 0.1) is 26.4 Å². The van der Waals surface area contributed by atoms with Crippen LogP contribution in [0, 0.1) is 0 Å². The highest BCUT2D eigenvalue weighted by Crippen LogP contribution is 2.66. The van der Waals surface area contributed by atoms with Crippen LogP contribution in [-0.4, -0.2) is 58.5 Å². The number of rotatable bonds is 8. The zero-order valence-corrected chi connectivity index (χ0v) is 15.5. The molecule has 136 valence electrons. The third-order valence-corrected chi connectivity index (χ3v) is 6.23. The highest BCUT2D eigenvalue weighted by atomic mass is 32.3. The summed E-state index contributed by atoms with van der Waals surface area (Å²) in [6.07, 6.45) is 0. The molecular weight excluding hydrogens is 360 g/mol. The van der Waals surface area contributed by atoms with Gasteiger partial charge in [-0.3, -0.25) is 0 Å². The molecule has 0 aromatic rings. The van der Waals surface area contributed by atoms with Crippen molar-refractivity contribution in [2.75, 3.05) is 26.4 Å². The van der Waals surface area contributed by atoms with Crippen molar-refractivity contribution in [2.45, 2.75) is 35.9 Å². The number of thioether (sulfide) groups is 2. The summed E-state index contributed by atoms with van der Waals surface area (Å²) < 4.78 is 15.9. The Balaban J connectivity index is 3.16. The van der Waals surface area contributed by atoms with Gasteiger partial charge in [0.25, 0.3) is 8.16 Å². The normalized spacial score (nSPS) is 17.2. The van der Waals surface area contributed by atoms with Gasteiger partial charge in [0.2, 0.25) is 0 Å². The van der Waals surface area contributed by atoms with Crippen molar-refractivity contribution in [3.05, 3.63) is 0 Å². The molecule has 10 heteroatoms. The molecule has 1 heterocycles. The second-order valence-corrected chi connectivity index (χ2v) is 7.69. The molecule has 0 spiro atoms. The van der Waals surface area contributed by atoms with E-state index in [4.69, 9.17) is 18.9 Å². The summed E-state index contributed by atoms with van der Waals surface area (Å²) in [6, 6.07) is 0. The Morgan fingerprint density at radius 2 is 0.792 bits per heavy atom. The molecule has 1 fully saturated rings. The topological polar surface area (TPSA) is 105 Å². The van der Waals surface area contributed by atoms with E-state index in [9.17, 15) is 19.2 Å². The average Bonchev–Trinajstić information content (AvgIpc) is 2.47. The van der Waals surface area contributed by atoms with Crippen molar-refractivity contribution in [2.24, 2.45) is 0 Å². The summed E-state index contributed by atoms with van der Waals surface area (Å²) in [6.45, 7) is 6.45. The molecule has 1 aliphatic rings. The maximum atomic E-state index is 12.2. The van der Waals surface area contributed by atoms with E-state index in [1.165, 1.54) is 0 Å². The maximum absolute atomic E-state index is 12.2. The van der Waals surface area contributed by atoms with Gasteiger partial charge in [-0.25, -0.2) is 19.2 Å². The molecule has 8 nitrogen and oxygen atoms in total. The van der Waals surface area contributed by atoms with Crippen molar-refractivity contribution in [3.63, 3.8) is 0 Å². The molecule has 0 amide bonds. The Hall–Kier alpha value is -1.42. The van der Waals surface area contributed by atoms with Crippen LogP contribution in [0.15, 0.2) is 0 Å². The Morgan fingerprint density at radius 1 is 0.583 bits per heavy atom. The van der Waals surface area contributed by atoms with Crippen LogP contribution in [-0.2, 0) is 38.1 Å². The molecule has 0 unspecified atom stereocenters. The minimum atomic E-state index is -1.86. The van der Waals surface area contributed by atoms with E-state index in [0.717, 1.165) is 0 Å². The average molecular weight is 380 g/mol. The van der Waals surface area contributed by atoms with Gasteiger partial charge in [-0.2, -0.15) is 0 Å². The number of hydrogen-bond acceptors (Lipinski definition) is 10. The quantitative estimate of drug-likeness (QED) is 0.345. The molecule has 0 aromatic carbocycles.